The summed E-state index contributed by atoms with van der Waals surface area (Å²) >= 11 is 0. The van der Waals surface area contributed by atoms with E-state index in [2.05, 4.69) is 100 Å². The Bertz CT molecular complexity index is 1030. The molecule has 1 fully saturated rings. The number of carbonyl (C=O) groups excluding carboxylic acids is 3. The van der Waals surface area contributed by atoms with Crippen molar-refractivity contribution in [3.8, 4) is 0 Å². The molecular weight excluding hydrogens is 865 g/mol. The Kier molecular flexibility index (Phi) is 76.0. The summed E-state index contributed by atoms with van der Waals surface area (Å²) in [5.74, 6) is 0.412. The molecule has 3 atom stereocenters. The summed E-state index contributed by atoms with van der Waals surface area (Å²) in [6.45, 7) is 29.9. The van der Waals surface area contributed by atoms with E-state index in [9.17, 15) is 14.4 Å². The van der Waals surface area contributed by atoms with Crippen LogP contribution in [0.15, 0.2) is 24.3 Å². The molecule has 1 rings (SSSR count). The minimum absolute atomic E-state index is 0.162. The van der Waals surface area contributed by atoms with Crippen LogP contribution in [0.4, 0.5) is 0 Å². The van der Waals surface area contributed by atoms with E-state index in [0.717, 1.165) is 58.0 Å². The number of carbonyl (C=O) groups is 3. The van der Waals surface area contributed by atoms with Gasteiger partial charge in [0, 0.05) is 19.4 Å². The summed E-state index contributed by atoms with van der Waals surface area (Å²) in [6, 6.07) is 0. The molecule has 0 bridgehead atoms. The molecule has 3 unspecified atom stereocenters. The monoisotopic (exact) mass is 993 g/mol. The van der Waals surface area contributed by atoms with Gasteiger partial charge in [-0.2, -0.15) is 0 Å². The Balaban J connectivity index is -0.000000458. The molecule has 0 heterocycles. The Morgan fingerprint density at radius 2 is 0.786 bits per heavy atom. The number of ether oxygens (including phenoxy) is 3. The molecule has 6 heteroatoms. The van der Waals surface area contributed by atoms with Gasteiger partial charge < -0.3 is 19.0 Å². The fraction of sp³-hybridized carbons (Fsp3) is 0.891. The third kappa shape index (κ3) is 72.6. The van der Waals surface area contributed by atoms with Crippen molar-refractivity contribution >= 4 is 17.7 Å². The lowest BCUT2D eigenvalue weighted by molar-refractivity contribution is -0.169. The standard InChI is InChI=1S/C40H72O5.C9H20.C6H14.C3H6O.2C3H8/c1-5-9-11-13-15-16-17-18-19-20-21-22-23-24-26-29-39(41)45-38(28-7-3)36(8-4)44-40(42)33-32-37(35-30-31-35)43-34-27-25-14-12-10-6-2;1-3-5-7-9-8-6-4-2;1-3-5-6-4-2;1-3(2)4;2*1-3-2/h15-16,18-19,35-38H,5-14,17,20-34H2,1-4H3;3-9H2,1-2H3;3-6H2,1-2H3;1-2H3;2*3H2,1-2H3/b16-15-,19-18-;;;;;. The van der Waals surface area contributed by atoms with E-state index in [-0.39, 0.29) is 36.0 Å². The lowest BCUT2D eigenvalue weighted by Gasteiger charge is -2.26. The summed E-state index contributed by atoms with van der Waals surface area (Å²) < 4.78 is 18.0. The van der Waals surface area contributed by atoms with Crippen LogP contribution in [0.3, 0.4) is 0 Å². The fourth-order valence-electron chi connectivity index (χ4n) is 7.39. The minimum atomic E-state index is -0.380. The summed E-state index contributed by atoms with van der Waals surface area (Å²) in [5.41, 5.74) is 0. The van der Waals surface area contributed by atoms with Crippen LogP contribution < -0.4 is 0 Å². The summed E-state index contributed by atoms with van der Waals surface area (Å²) in [4.78, 5) is 34.9. The van der Waals surface area contributed by atoms with Gasteiger partial charge in [0.05, 0.1) is 6.10 Å². The second kappa shape index (κ2) is 69.1. The first-order valence-corrected chi connectivity index (χ1v) is 30.7. The highest BCUT2D eigenvalue weighted by Crippen LogP contribution is 2.36. The predicted octanol–water partition coefficient (Wildman–Crippen LogP) is 21.5. The van der Waals surface area contributed by atoms with Crippen molar-refractivity contribution in [1.82, 2.24) is 0 Å². The maximum atomic E-state index is 12.8. The summed E-state index contributed by atoms with van der Waals surface area (Å²) in [6.07, 6.45) is 53.1. The molecule has 0 aromatic rings. The number of esters is 2. The van der Waals surface area contributed by atoms with E-state index in [1.54, 1.807) is 0 Å². The smallest absolute Gasteiger partial charge is 0.306 e. The van der Waals surface area contributed by atoms with Gasteiger partial charge >= 0.3 is 11.9 Å². The largest absolute Gasteiger partial charge is 0.458 e. The van der Waals surface area contributed by atoms with Crippen molar-refractivity contribution in [3.05, 3.63) is 24.3 Å². The second-order valence-corrected chi connectivity index (χ2v) is 20.1. The van der Waals surface area contributed by atoms with Gasteiger partial charge in [0.2, 0.25) is 0 Å². The molecule has 0 aromatic carbocycles. The minimum Gasteiger partial charge on any atom is -0.458 e. The highest BCUT2D eigenvalue weighted by molar-refractivity contribution is 5.72. The van der Waals surface area contributed by atoms with Gasteiger partial charge in [-0.15, -0.1) is 0 Å². The quantitative estimate of drug-likeness (QED) is 0.0345. The Labute approximate surface area is 440 Å². The lowest BCUT2D eigenvalue weighted by Crippen LogP contribution is -2.35. The number of allylic oxidation sites excluding steroid dienone is 4. The van der Waals surface area contributed by atoms with E-state index in [4.69, 9.17) is 14.2 Å². The molecular formula is C64H128O6. The molecule has 0 amide bonds. The molecule has 0 spiro atoms. The molecule has 0 aliphatic heterocycles. The number of unbranched alkanes of at least 4 members (excludes halogenated alkanes) is 22. The lowest BCUT2D eigenvalue weighted by atomic mass is 10.1. The summed E-state index contributed by atoms with van der Waals surface area (Å²) in [5, 5.41) is 0. The van der Waals surface area contributed by atoms with Gasteiger partial charge in [0.1, 0.15) is 18.0 Å². The SMILES string of the molecule is CC(C)=O.CCC.CCC.CCCCC/C=C\C/C=C\CCCCCCCC(=O)OC(CCC)C(CC)OC(=O)CCC(OCCCCCCCC)C1CC1.CCCCCC.CCCCCCCCC. The number of ketones is 1. The Morgan fingerprint density at radius 1 is 0.429 bits per heavy atom. The Hall–Kier alpha value is -1.95. The molecule has 0 aromatic heterocycles. The van der Waals surface area contributed by atoms with E-state index < -0.39 is 0 Å². The van der Waals surface area contributed by atoms with E-state index in [1.807, 2.05) is 6.92 Å². The van der Waals surface area contributed by atoms with Crippen molar-refractivity contribution in [2.75, 3.05) is 6.61 Å². The van der Waals surface area contributed by atoms with Crippen molar-refractivity contribution in [1.29, 1.82) is 0 Å². The first-order valence-electron chi connectivity index (χ1n) is 30.7. The van der Waals surface area contributed by atoms with Crippen LogP contribution in [0.1, 0.15) is 341 Å². The second-order valence-electron chi connectivity index (χ2n) is 20.1. The fourth-order valence-corrected chi connectivity index (χ4v) is 7.39. The van der Waals surface area contributed by atoms with Gasteiger partial charge in [-0.25, -0.2) is 0 Å². The molecule has 70 heavy (non-hydrogen) atoms. The van der Waals surface area contributed by atoms with Crippen molar-refractivity contribution in [2.24, 2.45) is 5.92 Å². The molecule has 0 saturated heterocycles. The van der Waals surface area contributed by atoms with Crippen LogP contribution in [0.5, 0.6) is 0 Å². The predicted molar refractivity (Wildman–Crippen MR) is 311 cm³/mol. The highest BCUT2D eigenvalue weighted by atomic mass is 16.6. The molecule has 420 valence electrons. The van der Waals surface area contributed by atoms with Crippen LogP contribution >= 0.6 is 0 Å². The van der Waals surface area contributed by atoms with Gasteiger partial charge in [0.25, 0.3) is 0 Å². The molecule has 0 N–H and O–H groups in total. The first kappa shape index (κ1) is 77.0. The zero-order chi connectivity index (χ0) is 53.6. The van der Waals surface area contributed by atoms with Gasteiger partial charge in [-0.1, -0.05) is 261 Å². The van der Waals surface area contributed by atoms with E-state index in [1.165, 1.54) is 181 Å². The maximum Gasteiger partial charge on any atom is 0.306 e. The van der Waals surface area contributed by atoms with Crippen LogP contribution in [-0.4, -0.2) is 42.6 Å². The molecule has 6 nitrogen and oxygen atoms in total. The van der Waals surface area contributed by atoms with Crippen molar-refractivity contribution in [3.63, 3.8) is 0 Å². The maximum absolute atomic E-state index is 12.8. The third-order valence-corrected chi connectivity index (χ3v) is 11.6. The zero-order valence-corrected chi connectivity index (χ0v) is 50.1. The number of hydrogen-bond acceptors (Lipinski definition) is 6. The topological polar surface area (TPSA) is 78.9 Å². The first-order chi connectivity index (χ1) is 33.9. The van der Waals surface area contributed by atoms with E-state index in [0.29, 0.717) is 31.6 Å². The van der Waals surface area contributed by atoms with Crippen LogP contribution in [0, 0.1) is 5.92 Å². The number of hydrogen-bond donors (Lipinski definition) is 0. The van der Waals surface area contributed by atoms with Crippen LogP contribution in [-0.2, 0) is 28.6 Å². The normalized spacial score (nSPS) is 12.9. The molecule has 1 aliphatic rings. The van der Waals surface area contributed by atoms with Crippen LogP contribution in [0.2, 0.25) is 0 Å². The zero-order valence-electron chi connectivity index (χ0n) is 50.1. The average Bonchev–Trinajstić information content (AvgIpc) is 4.18. The third-order valence-electron chi connectivity index (χ3n) is 11.6. The molecule has 0 radical (unpaired) electrons. The average molecular weight is 994 g/mol. The van der Waals surface area contributed by atoms with Gasteiger partial charge in [0.15, 0.2) is 0 Å². The molecule has 1 saturated carbocycles. The van der Waals surface area contributed by atoms with Gasteiger partial charge in [-0.3, -0.25) is 9.59 Å². The van der Waals surface area contributed by atoms with Crippen molar-refractivity contribution < 1.29 is 28.6 Å². The van der Waals surface area contributed by atoms with Gasteiger partial charge in [-0.05, 0) is 96.8 Å². The summed E-state index contributed by atoms with van der Waals surface area (Å²) in [7, 11) is 0. The molecule has 1 aliphatic carbocycles. The van der Waals surface area contributed by atoms with Crippen molar-refractivity contribution in [2.45, 2.75) is 359 Å². The number of Topliss-reactive ketones (excluding diaryl/α,β-unsaturated/α-hetero) is 1. The number of rotatable bonds is 41. The highest BCUT2D eigenvalue weighted by Gasteiger charge is 2.33. The Morgan fingerprint density at radius 3 is 1.21 bits per heavy atom. The van der Waals surface area contributed by atoms with E-state index >= 15 is 0 Å². The van der Waals surface area contributed by atoms with Crippen LogP contribution in [0.25, 0.3) is 0 Å².